The highest BCUT2D eigenvalue weighted by Gasteiger charge is 2.21. The summed E-state index contributed by atoms with van der Waals surface area (Å²) in [4.78, 5) is 22.3. The van der Waals surface area contributed by atoms with E-state index in [9.17, 15) is 23.3 Å². The number of aromatic nitrogens is 2. The summed E-state index contributed by atoms with van der Waals surface area (Å²) in [7, 11) is -2.51. The number of carbonyl (C=O) groups is 1. The van der Waals surface area contributed by atoms with Gasteiger partial charge in [0, 0.05) is 12.1 Å². The average molecular weight is 356 g/mol. The zero-order valence-electron chi connectivity index (χ0n) is 12.5. The van der Waals surface area contributed by atoms with Crippen molar-refractivity contribution in [2.24, 2.45) is 0 Å². The molecule has 0 aliphatic heterocycles. The molecule has 0 unspecified atom stereocenters. The van der Waals surface area contributed by atoms with Crippen LogP contribution in [-0.4, -0.2) is 41.9 Å². The van der Waals surface area contributed by atoms with E-state index < -0.39 is 26.6 Å². The summed E-state index contributed by atoms with van der Waals surface area (Å²) >= 11 is 0. The Morgan fingerprint density at radius 2 is 2.04 bits per heavy atom. The van der Waals surface area contributed by atoms with Crippen LogP contribution in [0.1, 0.15) is 10.4 Å². The van der Waals surface area contributed by atoms with Gasteiger partial charge in [0.15, 0.2) is 5.75 Å². The van der Waals surface area contributed by atoms with Gasteiger partial charge in [-0.15, -0.1) is 9.19 Å². The van der Waals surface area contributed by atoms with Gasteiger partial charge in [0.1, 0.15) is 5.82 Å². The zero-order chi connectivity index (χ0) is 18.1. The Balaban J connectivity index is 2.31. The van der Waals surface area contributed by atoms with Gasteiger partial charge in [-0.3, -0.25) is 10.1 Å². The van der Waals surface area contributed by atoms with E-state index in [0.29, 0.717) is 4.09 Å². The maximum Gasteiger partial charge on any atom is 0.345 e. The standard InChI is InChI=1S/C12H12N4O7S/c1-22-9-4-3-7(5-8(9)16(18)19)12(17)23-11-6-10(13)15(14-11)24(2,20)21/h3-6H,13H2,1-2H3. The van der Waals surface area contributed by atoms with E-state index >= 15 is 0 Å². The molecule has 0 atom stereocenters. The van der Waals surface area contributed by atoms with Gasteiger partial charge in [-0.2, -0.15) is 0 Å². The number of esters is 1. The minimum absolute atomic E-state index is 0.0258. The topological polar surface area (TPSA) is 157 Å². The molecule has 0 fully saturated rings. The Labute approximate surface area is 135 Å². The van der Waals surface area contributed by atoms with Crippen molar-refractivity contribution >= 4 is 27.5 Å². The second-order valence-electron chi connectivity index (χ2n) is 4.55. The minimum atomic E-state index is -3.76. The van der Waals surface area contributed by atoms with Crippen LogP contribution in [0.3, 0.4) is 0 Å². The van der Waals surface area contributed by atoms with Crippen LogP contribution in [0.4, 0.5) is 11.5 Å². The van der Waals surface area contributed by atoms with E-state index in [1.807, 2.05) is 0 Å². The molecule has 0 radical (unpaired) electrons. The fourth-order valence-corrected chi connectivity index (χ4v) is 2.45. The van der Waals surface area contributed by atoms with Gasteiger partial charge in [-0.05, 0) is 12.1 Å². The molecule has 0 saturated carbocycles. The van der Waals surface area contributed by atoms with Crippen molar-refractivity contribution in [2.45, 2.75) is 0 Å². The van der Waals surface area contributed by atoms with Crippen molar-refractivity contribution in [3.8, 4) is 11.6 Å². The number of nitrogen functional groups attached to an aromatic ring is 1. The molecule has 128 valence electrons. The smallest absolute Gasteiger partial charge is 0.345 e. The van der Waals surface area contributed by atoms with Crippen LogP contribution in [0.15, 0.2) is 24.3 Å². The molecule has 0 spiro atoms. The second-order valence-corrected chi connectivity index (χ2v) is 6.36. The zero-order valence-corrected chi connectivity index (χ0v) is 13.3. The number of nitrogens with zero attached hydrogens (tertiary/aromatic N) is 3. The van der Waals surface area contributed by atoms with E-state index in [1.54, 1.807) is 0 Å². The Hall–Kier alpha value is -3.15. The molecule has 2 rings (SSSR count). The first-order valence-electron chi connectivity index (χ1n) is 6.24. The third-order valence-electron chi connectivity index (χ3n) is 2.80. The summed E-state index contributed by atoms with van der Waals surface area (Å²) in [6.45, 7) is 0. The number of ether oxygens (including phenoxy) is 2. The monoisotopic (exact) mass is 356 g/mol. The Morgan fingerprint density at radius 3 is 2.54 bits per heavy atom. The third kappa shape index (κ3) is 3.43. The number of anilines is 1. The highest BCUT2D eigenvalue weighted by molar-refractivity contribution is 7.89. The van der Waals surface area contributed by atoms with Crippen molar-refractivity contribution in [1.82, 2.24) is 9.19 Å². The number of hydrogen-bond acceptors (Lipinski definition) is 9. The number of nitro benzene ring substituents is 1. The molecule has 0 bridgehead atoms. The van der Waals surface area contributed by atoms with Gasteiger partial charge in [-0.25, -0.2) is 13.2 Å². The molecular weight excluding hydrogens is 344 g/mol. The van der Waals surface area contributed by atoms with Crippen LogP contribution < -0.4 is 15.2 Å². The number of rotatable bonds is 5. The summed E-state index contributed by atoms with van der Waals surface area (Å²) in [5.74, 6) is -1.61. The highest BCUT2D eigenvalue weighted by Crippen LogP contribution is 2.28. The van der Waals surface area contributed by atoms with Gasteiger partial charge in [0.05, 0.1) is 23.9 Å². The minimum Gasteiger partial charge on any atom is -0.490 e. The lowest BCUT2D eigenvalue weighted by Crippen LogP contribution is -2.15. The molecule has 12 heteroatoms. The lowest BCUT2D eigenvalue weighted by molar-refractivity contribution is -0.385. The number of benzene rings is 1. The van der Waals surface area contributed by atoms with Gasteiger partial charge < -0.3 is 15.2 Å². The van der Waals surface area contributed by atoms with Crippen LogP contribution in [0, 0.1) is 10.1 Å². The number of nitro groups is 1. The molecule has 2 N–H and O–H groups in total. The van der Waals surface area contributed by atoms with Crippen LogP contribution in [-0.2, 0) is 10.0 Å². The number of nitrogens with two attached hydrogens (primary N) is 1. The Morgan fingerprint density at radius 1 is 1.38 bits per heavy atom. The predicted molar refractivity (Wildman–Crippen MR) is 81.5 cm³/mol. The maximum absolute atomic E-state index is 12.0. The first-order valence-corrected chi connectivity index (χ1v) is 8.09. The molecule has 2 aromatic rings. The summed E-state index contributed by atoms with van der Waals surface area (Å²) in [6, 6.07) is 4.50. The normalized spacial score (nSPS) is 11.1. The molecule has 24 heavy (non-hydrogen) atoms. The van der Waals surface area contributed by atoms with Crippen molar-refractivity contribution in [3.63, 3.8) is 0 Å². The van der Waals surface area contributed by atoms with Crippen LogP contribution in [0.2, 0.25) is 0 Å². The highest BCUT2D eigenvalue weighted by atomic mass is 32.2. The third-order valence-corrected chi connectivity index (χ3v) is 3.73. The number of carbonyl (C=O) groups excluding carboxylic acids is 1. The SMILES string of the molecule is COc1ccc(C(=O)Oc2cc(N)n(S(C)(=O)=O)n2)cc1[N+](=O)[O-]. The molecule has 0 amide bonds. The molecule has 1 aromatic heterocycles. The molecule has 1 aromatic carbocycles. The van der Waals surface area contributed by atoms with Crippen molar-refractivity contribution in [3.05, 3.63) is 39.9 Å². The van der Waals surface area contributed by atoms with E-state index in [1.165, 1.54) is 19.2 Å². The molecule has 11 nitrogen and oxygen atoms in total. The molecule has 0 saturated heterocycles. The number of methoxy groups -OCH3 is 1. The van der Waals surface area contributed by atoms with Gasteiger partial charge >= 0.3 is 11.7 Å². The summed E-state index contributed by atoms with van der Waals surface area (Å²) < 4.78 is 33.0. The van der Waals surface area contributed by atoms with E-state index in [4.69, 9.17) is 15.2 Å². The van der Waals surface area contributed by atoms with E-state index in [2.05, 4.69) is 5.10 Å². The Kier molecular flexibility index (Phi) is 4.41. The fourth-order valence-electron chi connectivity index (χ4n) is 1.79. The Bertz CT molecular complexity index is 919. The van der Waals surface area contributed by atoms with E-state index in [0.717, 1.165) is 18.4 Å². The molecule has 1 heterocycles. The van der Waals surface area contributed by atoms with Crippen LogP contribution in [0.25, 0.3) is 0 Å². The maximum atomic E-state index is 12.0. The van der Waals surface area contributed by atoms with Crippen molar-refractivity contribution in [2.75, 3.05) is 19.1 Å². The molecular formula is C12H12N4O7S. The van der Waals surface area contributed by atoms with E-state index in [-0.39, 0.29) is 23.0 Å². The molecule has 0 aliphatic carbocycles. The van der Waals surface area contributed by atoms with Crippen LogP contribution >= 0.6 is 0 Å². The van der Waals surface area contributed by atoms with Gasteiger partial charge in [0.2, 0.25) is 5.88 Å². The largest absolute Gasteiger partial charge is 0.490 e. The predicted octanol–water partition coefficient (Wildman–Crippen LogP) is 0.409. The quantitative estimate of drug-likeness (QED) is 0.455. The first kappa shape index (κ1) is 17.2. The van der Waals surface area contributed by atoms with Gasteiger partial charge in [0.25, 0.3) is 10.0 Å². The lowest BCUT2D eigenvalue weighted by Gasteiger charge is -2.04. The van der Waals surface area contributed by atoms with Crippen LogP contribution in [0.5, 0.6) is 11.6 Å². The number of hydrogen-bond donors (Lipinski definition) is 1. The summed E-state index contributed by atoms with van der Waals surface area (Å²) in [5, 5.41) is 14.5. The second kappa shape index (κ2) is 6.16. The average Bonchev–Trinajstić information content (AvgIpc) is 2.87. The van der Waals surface area contributed by atoms with Gasteiger partial charge in [-0.1, -0.05) is 0 Å². The lowest BCUT2D eigenvalue weighted by atomic mass is 10.2. The summed E-state index contributed by atoms with van der Waals surface area (Å²) in [5.41, 5.74) is 4.90. The van der Waals surface area contributed by atoms with Crippen molar-refractivity contribution < 1.29 is 27.6 Å². The van der Waals surface area contributed by atoms with Crippen molar-refractivity contribution in [1.29, 1.82) is 0 Å². The fraction of sp³-hybridized carbons (Fsp3) is 0.167. The summed E-state index contributed by atoms with van der Waals surface area (Å²) in [6.07, 6.45) is 0.870. The first-order chi connectivity index (χ1) is 11.1. The molecule has 0 aliphatic rings.